The van der Waals surface area contributed by atoms with Gasteiger partial charge in [0.1, 0.15) is 0 Å². The summed E-state index contributed by atoms with van der Waals surface area (Å²) in [6.07, 6.45) is 0. The normalized spacial score (nSPS) is 12.4. The summed E-state index contributed by atoms with van der Waals surface area (Å²) in [6, 6.07) is 161. The van der Waals surface area contributed by atoms with Crippen LogP contribution < -0.4 is 14.7 Å². The second-order valence-corrected chi connectivity index (χ2v) is 32.0. The van der Waals surface area contributed by atoms with Crippen molar-refractivity contribution in [3.05, 3.63) is 448 Å². The molecule has 0 saturated heterocycles. The minimum Gasteiger partial charge on any atom is -0.310 e. The van der Waals surface area contributed by atoms with E-state index in [9.17, 15) is 0 Å². The highest BCUT2D eigenvalue weighted by atomic mass is 15.2. The van der Waals surface area contributed by atoms with Crippen LogP contribution in [0.4, 0.5) is 51.2 Å². The molecular formula is C113H78N6. The fourth-order valence-electron chi connectivity index (χ4n) is 19.3. The molecule has 0 bridgehead atoms. The van der Waals surface area contributed by atoms with Gasteiger partial charge in [-0.15, -0.1) is 0 Å². The minimum atomic E-state index is -0.338. The molecule has 1 aliphatic rings. The Kier molecular flexibility index (Phi) is 16.2. The lowest BCUT2D eigenvalue weighted by Crippen LogP contribution is -2.18. The summed E-state index contributed by atoms with van der Waals surface area (Å²) >= 11 is 0. The van der Waals surface area contributed by atoms with Gasteiger partial charge in [-0.05, 0) is 248 Å². The van der Waals surface area contributed by atoms with Crippen LogP contribution in [0, 0.1) is 0 Å². The molecule has 0 N–H and O–H groups in total. The van der Waals surface area contributed by atoms with Crippen molar-refractivity contribution in [2.75, 3.05) is 14.7 Å². The van der Waals surface area contributed by atoms with Gasteiger partial charge in [-0.2, -0.15) is 0 Å². The lowest BCUT2D eigenvalue weighted by molar-refractivity contribution is 0.660. The highest BCUT2D eigenvalue weighted by molar-refractivity contribution is 6.13. The van der Waals surface area contributed by atoms with E-state index in [-0.39, 0.29) is 5.41 Å². The van der Waals surface area contributed by atoms with Crippen molar-refractivity contribution in [1.82, 2.24) is 13.7 Å². The SMILES string of the molecule is CC1(C)c2cc(N(c3ccc(-c4ccccc4)cc3)c3cccc4ccccc34)ccc2-c2ccc(N(c3ccc(-c4cccc(-c5ccc6c(c5)c5ccccc5n6-c5ccc(N(c6ccc(-n7c8ccccc8c8ccccc87)cc6)c6ccc(-n7c8ccccc8c8ccccc87)cc6)cc5)c4)cc3)c3cccc4ccccc34)cc21. The van der Waals surface area contributed by atoms with Crippen LogP contribution in [0.15, 0.2) is 437 Å². The molecule has 0 fully saturated rings. The first-order valence-corrected chi connectivity index (χ1v) is 41.1. The Morgan fingerprint density at radius 3 is 0.882 bits per heavy atom. The number of aromatic nitrogens is 3. The van der Waals surface area contributed by atoms with E-state index in [2.05, 4.69) is 479 Å². The molecule has 6 nitrogen and oxygen atoms in total. The van der Waals surface area contributed by atoms with Crippen LogP contribution in [0.5, 0.6) is 0 Å². The van der Waals surface area contributed by atoms with E-state index in [0.717, 1.165) is 102 Å². The zero-order valence-electron chi connectivity index (χ0n) is 65.8. The summed E-state index contributed by atoms with van der Waals surface area (Å²) in [5.41, 5.74) is 32.0. The van der Waals surface area contributed by atoms with Gasteiger partial charge in [0.25, 0.3) is 0 Å². The Hall–Kier alpha value is -15.5. The molecule has 0 spiro atoms. The first-order valence-electron chi connectivity index (χ1n) is 41.1. The number of anilines is 9. The van der Waals surface area contributed by atoms with Crippen LogP contribution in [0.2, 0.25) is 0 Å². The second kappa shape index (κ2) is 27.9. The van der Waals surface area contributed by atoms with Crippen LogP contribution in [0.1, 0.15) is 25.0 Å². The number of rotatable bonds is 15. The van der Waals surface area contributed by atoms with Crippen molar-refractivity contribution < 1.29 is 0 Å². The topological polar surface area (TPSA) is 24.5 Å². The van der Waals surface area contributed by atoms with Gasteiger partial charge in [-0.1, -0.05) is 269 Å². The standard InChI is InChI=1S/C113H78N6/c1-113(2)103-73-91(115(105-43-21-27-78-25-6-8-31-93(78)105)86-50-45-76(46-51-86)75-23-4-3-5-24-75)66-68-95(103)96-69-67-92(74-104(96)113)116(106-44-22-28-79-26-7-9-32-94(79)106)87-52-47-77(48-53-87)80-29-20-30-81(71-80)82-49-70-112-102(72-82)101-37-14-19-42-111(101)119(112)90-64-58-85(59-65-90)114(83-54-60-88(61-55-83)117-107-38-15-10-33-97(107)98-34-11-16-39-108(98)117)84-56-62-89(63-57-84)118-109-40-17-12-35-99(109)100-36-13-18-41-110(100)118/h3-74H,1-2H3. The zero-order valence-corrected chi connectivity index (χ0v) is 65.8. The predicted molar refractivity (Wildman–Crippen MR) is 502 cm³/mol. The van der Waals surface area contributed by atoms with E-state index >= 15 is 0 Å². The quantitative estimate of drug-likeness (QED) is 0.102. The Morgan fingerprint density at radius 1 is 0.185 bits per heavy atom. The Balaban J connectivity index is 0.565. The van der Waals surface area contributed by atoms with Gasteiger partial charge in [0, 0.05) is 105 Å². The van der Waals surface area contributed by atoms with Crippen molar-refractivity contribution in [1.29, 1.82) is 0 Å². The average molecular weight is 1520 g/mol. The molecule has 0 saturated carbocycles. The van der Waals surface area contributed by atoms with Crippen molar-refractivity contribution in [3.63, 3.8) is 0 Å². The molecule has 6 heteroatoms. The summed E-state index contributed by atoms with van der Waals surface area (Å²) < 4.78 is 7.20. The van der Waals surface area contributed by atoms with E-state index in [1.807, 2.05) is 0 Å². The molecule has 119 heavy (non-hydrogen) atoms. The third kappa shape index (κ3) is 11.5. The first kappa shape index (κ1) is 69.0. The van der Waals surface area contributed by atoms with Gasteiger partial charge < -0.3 is 28.4 Å². The fourth-order valence-corrected chi connectivity index (χ4v) is 19.3. The minimum absolute atomic E-state index is 0.338. The molecule has 3 aromatic heterocycles. The maximum atomic E-state index is 2.46. The molecule has 1 aliphatic carbocycles. The van der Waals surface area contributed by atoms with Gasteiger partial charge in [-0.3, -0.25) is 0 Å². The van der Waals surface area contributed by atoms with E-state index < -0.39 is 0 Å². The summed E-state index contributed by atoms with van der Waals surface area (Å²) in [7, 11) is 0. The Labute approximate surface area is 690 Å². The maximum absolute atomic E-state index is 2.46. The fraction of sp³-hybridized carbons (Fsp3) is 0.0265. The van der Waals surface area contributed by atoms with Crippen LogP contribution in [-0.2, 0) is 5.41 Å². The molecule has 0 radical (unpaired) electrons. The summed E-state index contributed by atoms with van der Waals surface area (Å²) in [4.78, 5) is 7.29. The van der Waals surface area contributed by atoms with Gasteiger partial charge >= 0.3 is 0 Å². The molecule has 0 amide bonds. The lowest BCUT2D eigenvalue weighted by atomic mass is 9.82. The van der Waals surface area contributed by atoms with Gasteiger partial charge in [0.05, 0.1) is 44.5 Å². The molecular weight excluding hydrogens is 1440 g/mol. The molecule has 0 aliphatic heterocycles. The summed E-state index contributed by atoms with van der Waals surface area (Å²) in [5.74, 6) is 0. The predicted octanol–water partition coefficient (Wildman–Crippen LogP) is 31.0. The van der Waals surface area contributed by atoms with Crippen LogP contribution >= 0.6 is 0 Å². The zero-order chi connectivity index (χ0) is 78.8. The largest absolute Gasteiger partial charge is 0.310 e. The first-order chi connectivity index (χ1) is 58.8. The van der Waals surface area contributed by atoms with E-state index in [1.165, 1.54) is 109 Å². The summed E-state index contributed by atoms with van der Waals surface area (Å²) in [6.45, 7) is 4.81. The second-order valence-electron chi connectivity index (χ2n) is 32.0. The van der Waals surface area contributed by atoms with Gasteiger partial charge in [0.2, 0.25) is 0 Å². The van der Waals surface area contributed by atoms with Gasteiger partial charge in [-0.25, -0.2) is 0 Å². The van der Waals surface area contributed by atoms with Gasteiger partial charge in [0.15, 0.2) is 0 Å². The van der Waals surface area contributed by atoms with E-state index in [4.69, 9.17) is 0 Å². The molecule has 560 valence electrons. The highest BCUT2D eigenvalue weighted by Gasteiger charge is 2.37. The smallest absolute Gasteiger partial charge is 0.0541 e. The molecule has 19 aromatic carbocycles. The number of hydrogen-bond acceptors (Lipinski definition) is 3. The van der Waals surface area contributed by atoms with Crippen LogP contribution in [-0.4, -0.2) is 13.7 Å². The highest BCUT2D eigenvalue weighted by Crippen LogP contribution is 2.54. The molecule has 23 rings (SSSR count). The maximum Gasteiger partial charge on any atom is 0.0541 e. The molecule has 3 heterocycles. The van der Waals surface area contributed by atoms with Crippen molar-refractivity contribution >= 4 is 138 Å². The van der Waals surface area contributed by atoms with Crippen LogP contribution in [0.3, 0.4) is 0 Å². The Bertz CT molecular complexity index is 7470. The molecule has 22 aromatic rings. The lowest BCUT2D eigenvalue weighted by Gasteiger charge is -2.30. The number of para-hydroxylation sites is 5. The number of fused-ring (bicyclic) bond motifs is 14. The third-order valence-corrected chi connectivity index (χ3v) is 25.0. The van der Waals surface area contributed by atoms with E-state index in [1.54, 1.807) is 0 Å². The molecule has 0 atom stereocenters. The number of hydrogen-bond donors (Lipinski definition) is 0. The van der Waals surface area contributed by atoms with Crippen LogP contribution in [0.25, 0.3) is 149 Å². The average Bonchev–Trinajstić information content (AvgIpc) is 1.57. The van der Waals surface area contributed by atoms with Crippen molar-refractivity contribution in [3.8, 4) is 61.6 Å². The molecule has 0 unspecified atom stereocenters. The Morgan fingerprint density at radius 2 is 0.462 bits per heavy atom. The van der Waals surface area contributed by atoms with Crippen molar-refractivity contribution in [2.45, 2.75) is 19.3 Å². The monoisotopic (exact) mass is 1520 g/mol. The number of benzene rings is 19. The van der Waals surface area contributed by atoms with E-state index in [0.29, 0.717) is 0 Å². The van der Waals surface area contributed by atoms with Crippen molar-refractivity contribution in [2.24, 2.45) is 0 Å². The summed E-state index contributed by atoms with van der Waals surface area (Å²) in [5, 5.41) is 12.2. The number of nitrogens with zero attached hydrogens (tertiary/aromatic N) is 6. The third-order valence-electron chi connectivity index (χ3n) is 25.0.